The van der Waals surface area contributed by atoms with Crippen LogP contribution in [0.4, 0.5) is 0 Å². The molecule has 0 radical (unpaired) electrons. The SMILES string of the molecule is O=C(c1cccc2ccccc12)N1CCC(c2nc(-c3cc4c([nH]c3=O)CCNC4)no2)CC1. The molecule has 1 fully saturated rings. The molecule has 1 saturated heterocycles. The molecule has 1 amide bonds. The Morgan fingerprint density at radius 1 is 1.09 bits per heavy atom. The number of aromatic nitrogens is 3. The molecule has 0 atom stereocenters. The number of aromatic amines is 1. The molecule has 0 aliphatic carbocycles. The summed E-state index contributed by atoms with van der Waals surface area (Å²) in [6.45, 7) is 2.81. The highest BCUT2D eigenvalue weighted by Crippen LogP contribution is 2.30. The lowest BCUT2D eigenvalue weighted by Gasteiger charge is -2.30. The van der Waals surface area contributed by atoms with E-state index in [9.17, 15) is 9.59 Å². The molecular weight excluding hydrogens is 430 g/mol. The maximum absolute atomic E-state index is 13.2. The second kappa shape index (κ2) is 8.53. The lowest BCUT2D eigenvalue weighted by Crippen LogP contribution is -2.38. The summed E-state index contributed by atoms with van der Waals surface area (Å²) >= 11 is 0. The van der Waals surface area contributed by atoms with E-state index in [0.717, 1.165) is 53.4 Å². The fraction of sp³-hybridized carbons (Fsp3) is 0.308. The number of rotatable bonds is 3. The van der Waals surface area contributed by atoms with Crippen molar-refractivity contribution in [2.75, 3.05) is 19.6 Å². The number of nitrogens with one attached hydrogen (secondary N) is 2. The first kappa shape index (κ1) is 20.8. The van der Waals surface area contributed by atoms with Gasteiger partial charge >= 0.3 is 0 Å². The predicted molar refractivity (Wildman–Crippen MR) is 128 cm³/mol. The Balaban J connectivity index is 1.17. The van der Waals surface area contributed by atoms with Crippen molar-refractivity contribution >= 4 is 16.7 Å². The third-order valence-corrected chi connectivity index (χ3v) is 6.92. The van der Waals surface area contributed by atoms with Crippen LogP contribution in [0.1, 0.15) is 46.3 Å². The van der Waals surface area contributed by atoms with Gasteiger partial charge in [0.15, 0.2) is 0 Å². The van der Waals surface area contributed by atoms with Crippen LogP contribution in [0.5, 0.6) is 0 Å². The Morgan fingerprint density at radius 3 is 2.79 bits per heavy atom. The molecule has 0 bridgehead atoms. The molecule has 0 spiro atoms. The number of pyridine rings is 1. The number of nitrogens with zero attached hydrogens (tertiary/aromatic N) is 3. The molecular formula is C26H25N5O3. The third-order valence-electron chi connectivity index (χ3n) is 6.92. The number of fused-ring (bicyclic) bond motifs is 2. The summed E-state index contributed by atoms with van der Waals surface area (Å²) in [5.41, 5.74) is 3.01. The van der Waals surface area contributed by atoms with Crippen molar-refractivity contribution in [2.45, 2.75) is 31.7 Å². The minimum Gasteiger partial charge on any atom is -0.339 e. The molecule has 0 unspecified atom stereocenters. The number of carbonyl (C=O) groups is 1. The Hall–Kier alpha value is -3.78. The van der Waals surface area contributed by atoms with Crippen LogP contribution in [-0.2, 0) is 13.0 Å². The molecule has 34 heavy (non-hydrogen) atoms. The van der Waals surface area contributed by atoms with Gasteiger partial charge in [-0.15, -0.1) is 0 Å². The Labute approximate surface area is 196 Å². The number of amides is 1. The van der Waals surface area contributed by atoms with Crippen molar-refractivity contribution in [3.05, 3.63) is 81.6 Å². The molecule has 2 aliphatic heterocycles. The van der Waals surface area contributed by atoms with Gasteiger partial charge in [0.2, 0.25) is 11.7 Å². The zero-order valence-electron chi connectivity index (χ0n) is 18.7. The molecule has 4 heterocycles. The molecule has 4 aromatic rings. The maximum Gasteiger partial charge on any atom is 0.259 e. The number of hydrogen-bond acceptors (Lipinski definition) is 6. The number of piperidine rings is 1. The maximum atomic E-state index is 13.2. The van der Waals surface area contributed by atoms with E-state index < -0.39 is 0 Å². The molecule has 2 aliphatic rings. The van der Waals surface area contributed by atoms with Crippen molar-refractivity contribution < 1.29 is 9.32 Å². The van der Waals surface area contributed by atoms with Crippen molar-refractivity contribution in [2.24, 2.45) is 0 Å². The Bertz CT molecular complexity index is 1430. The van der Waals surface area contributed by atoms with Crippen LogP contribution in [0, 0.1) is 0 Å². The monoisotopic (exact) mass is 455 g/mol. The van der Waals surface area contributed by atoms with E-state index in [-0.39, 0.29) is 17.4 Å². The summed E-state index contributed by atoms with van der Waals surface area (Å²) in [5, 5.41) is 9.45. The van der Waals surface area contributed by atoms with E-state index in [1.807, 2.05) is 53.4 Å². The molecule has 2 aromatic heterocycles. The fourth-order valence-corrected chi connectivity index (χ4v) is 5.02. The highest BCUT2D eigenvalue weighted by atomic mass is 16.5. The molecule has 2 N–H and O–H groups in total. The number of likely N-dealkylation sites (tertiary alicyclic amines) is 1. The first-order valence-electron chi connectivity index (χ1n) is 11.7. The van der Waals surface area contributed by atoms with Crippen LogP contribution in [0.15, 0.2) is 57.8 Å². The van der Waals surface area contributed by atoms with Crippen molar-refractivity contribution in [1.82, 2.24) is 25.3 Å². The Morgan fingerprint density at radius 2 is 1.91 bits per heavy atom. The summed E-state index contributed by atoms with van der Waals surface area (Å²) in [4.78, 5) is 35.2. The molecule has 8 nitrogen and oxygen atoms in total. The molecule has 6 rings (SSSR count). The highest BCUT2D eigenvalue weighted by molar-refractivity contribution is 6.07. The summed E-state index contributed by atoms with van der Waals surface area (Å²) in [7, 11) is 0. The fourth-order valence-electron chi connectivity index (χ4n) is 5.02. The smallest absolute Gasteiger partial charge is 0.259 e. The average Bonchev–Trinajstić information content (AvgIpc) is 3.38. The molecule has 2 aromatic carbocycles. The van der Waals surface area contributed by atoms with Gasteiger partial charge in [-0.25, -0.2) is 0 Å². The van der Waals surface area contributed by atoms with Gasteiger partial charge in [0.05, 0.1) is 5.56 Å². The van der Waals surface area contributed by atoms with E-state index in [0.29, 0.717) is 36.9 Å². The first-order valence-corrected chi connectivity index (χ1v) is 11.7. The number of hydrogen-bond donors (Lipinski definition) is 2. The first-order chi connectivity index (χ1) is 16.7. The van der Waals surface area contributed by atoms with E-state index >= 15 is 0 Å². The van der Waals surface area contributed by atoms with Gasteiger partial charge in [0.25, 0.3) is 11.5 Å². The minimum atomic E-state index is -0.191. The molecule has 0 saturated carbocycles. The van der Waals surface area contributed by atoms with E-state index in [1.165, 1.54) is 0 Å². The number of carbonyl (C=O) groups excluding carboxylic acids is 1. The van der Waals surface area contributed by atoms with Gasteiger partial charge in [-0.3, -0.25) is 9.59 Å². The van der Waals surface area contributed by atoms with Crippen LogP contribution in [0.3, 0.4) is 0 Å². The summed E-state index contributed by atoms with van der Waals surface area (Å²) in [5.74, 6) is 0.966. The molecule has 172 valence electrons. The largest absolute Gasteiger partial charge is 0.339 e. The van der Waals surface area contributed by atoms with Crippen molar-refractivity contribution in [3.63, 3.8) is 0 Å². The number of benzene rings is 2. The summed E-state index contributed by atoms with van der Waals surface area (Å²) in [6.07, 6.45) is 2.28. The van der Waals surface area contributed by atoms with E-state index in [2.05, 4.69) is 20.4 Å². The lowest BCUT2D eigenvalue weighted by atomic mass is 9.95. The highest BCUT2D eigenvalue weighted by Gasteiger charge is 2.29. The van der Waals surface area contributed by atoms with Crippen LogP contribution in [0.25, 0.3) is 22.2 Å². The van der Waals surface area contributed by atoms with Crippen molar-refractivity contribution in [1.29, 1.82) is 0 Å². The second-order valence-electron chi connectivity index (χ2n) is 8.99. The normalized spacial score (nSPS) is 16.5. The van der Waals surface area contributed by atoms with E-state index in [1.54, 1.807) is 0 Å². The van der Waals surface area contributed by atoms with Gasteiger partial charge in [-0.2, -0.15) is 4.98 Å². The Kier molecular flexibility index (Phi) is 5.22. The van der Waals surface area contributed by atoms with Crippen LogP contribution in [-0.4, -0.2) is 45.6 Å². The van der Waals surface area contributed by atoms with Gasteiger partial charge in [-0.05, 0) is 41.3 Å². The van der Waals surface area contributed by atoms with Gasteiger partial charge in [0, 0.05) is 49.8 Å². The lowest BCUT2D eigenvalue weighted by molar-refractivity contribution is 0.0706. The van der Waals surface area contributed by atoms with Gasteiger partial charge in [-0.1, -0.05) is 41.6 Å². The van der Waals surface area contributed by atoms with Gasteiger partial charge in [0.1, 0.15) is 0 Å². The topological polar surface area (TPSA) is 104 Å². The summed E-state index contributed by atoms with van der Waals surface area (Å²) in [6, 6.07) is 15.7. The van der Waals surface area contributed by atoms with Gasteiger partial charge < -0.3 is 19.7 Å². The third kappa shape index (κ3) is 3.70. The quantitative estimate of drug-likeness (QED) is 0.492. The van der Waals surface area contributed by atoms with Crippen LogP contribution < -0.4 is 10.9 Å². The zero-order chi connectivity index (χ0) is 23.1. The van der Waals surface area contributed by atoms with Crippen molar-refractivity contribution in [3.8, 4) is 11.4 Å². The minimum absolute atomic E-state index is 0.0515. The second-order valence-corrected chi connectivity index (χ2v) is 8.99. The summed E-state index contributed by atoms with van der Waals surface area (Å²) < 4.78 is 5.56. The molecule has 8 heteroatoms. The average molecular weight is 456 g/mol. The van der Waals surface area contributed by atoms with Crippen LogP contribution in [0.2, 0.25) is 0 Å². The zero-order valence-corrected chi connectivity index (χ0v) is 18.7. The standard InChI is InChI=1S/C26H25N5O3/c32-24-21(14-18-15-27-11-8-22(18)28-24)23-29-25(34-30-23)17-9-12-31(13-10-17)26(33)20-7-3-5-16-4-1-2-6-19(16)20/h1-7,14,17,27H,8-13,15H2,(H,28,32). The number of H-pyrrole nitrogens is 1. The predicted octanol–water partition coefficient (Wildman–Crippen LogP) is 3.24. The van der Waals surface area contributed by atoms with Crippen LogP contribution >= 0.6 is 0 Å². The van der Waals surface area contributed by atoms with E-state index in [4.69, 9.17) is 4.52 Å².